The third-order valence-electron chi connectivity index (χ3n) is 6.48. The van der Waals surface area contributed by atoms with E-state index in [0.717, 1.165) is 38.5 Å². The molecule has 1 aliphatic carbocycles. The third-order valence-corrected chi connectivity index (χ3v) is 8.52. The standard InChI is InChI=1S/C25H29NO6S/c1-17-6-3-4-13-26(17)33(29,30)24-15-21(11-12-23(24)31-2)25(28)32-16-22(27)20-10-9-18-7-5-8-19(18)14-20/h9-12,14-15,17H,3-8,13,16H2,1-2H3. The minimum atomic E-state index is -3.86. The summed E-state index contributed by atoms with van der Waals surface area (Å²) in [5, 5.41) is 0. The zero-order valence-electron chi connectivity index (χ0n) is 19.0. The zero-order valence-corrected chi connectivity index (χ0v) is 19.8. The van der Waals surface area contributed by atoms with Crippen LogP contribution in [0.2, 0.25) is 0 Å². The molecule has 1 aliphatic heterocycles. The topological polar surface area (TPSA) is 90.0 Å². The van der Waals surface area contributed by atoms with Crippen molar-refractivity contribution in [3.8, 4) is 5.75 Å². The summed E-state index contributed by atoms with van der Waals surface area (Å²) in [6.07, 6.45) is 5.62. The van der Waals surface area contributed by atoms with E-state index < -0.39 is 22.6 Å². The molecule has 33 heavy (non-hydrogen) atoms. The summed E-state index contributed by atoms with van der Waals surface area (Å²) in [5.74, 6) is -0.879. The van der Waals surface area contributed by atoms with Crippen LogP contribution in [0.1, 0.15) is 64.4 Å². The third kappa shape index (κ3) is 4.82. The summed E-state index contributed by atoms with van der Waals surface area (Å²) in [6, 6.07) is 9.63. The number of ether oxygens (including phenoxy) is 2. The van der Waals surface area contributed by atoms with Gasteiger partial charge < -0.3 is 9.47 Å². The number of methoxy groups -OCH3 is 1. The predicted octanol–water partition coefficient (Wildman–Crippen LogP) is 3.79. The number of nitrogens with zero attached hydrogens (tertiary/aromatic N) is 1. The summed E-state index contributed by atoms with van der Waals surface area (Å²) in [4.78, 5) is 25.1. The van der Waals surface area contributed by atoms with Crippen LogP contribution in [0.3, 0.4) is 0 Å². The molecule has 8 heteroatoms. The van der Waals surface area contributed by atoms with Gasteiger partial charge in [0.1, 0.15) is 10.6 Å². The van der Waals surface area contributed by atoms with Crippen molar-refractivity contribution in [3.63, 3.8) is 0 Å². The van der Waals surface area contributed by atoms with Crippen LogP contribution in [0.15, 0.2) is 41.3 Å². The molecule has 0 N–H and O–H groups in total. The van der Waals surface area contributed by atoms with Gasteiger partial charge in [0.05, 0.1) is 12.7 Å². The fraction of sp³-hybridized carbons (Fsp3) is 0.440. The van der Waals surface area contributed by atoms with E-state index in [4.69, 9.17) is 9.47 Å². The normalized spacial score (nSPS) is 18.5. The highest BCUT2D eigenvalue weighted by Gasteiger charge is 2.33. The maximum Gasteiger partial charge on any atom is 0.338 e. The lowest BCUT2D eigenvalue weighted by Crippen LogP contribution is -2.42. The number of fused-ring (bicyclic) bond motifs is 1. The lowest BCUT2D eigenvalue weighted by molar-refractivity contribution is 0.0474. The number of aryl methyl sites for hydroxylation is 2. The number of carbonyl (C=O) groups is 2. The van der Waals surface area contributed by atoms with Crippen LogP contribution in [-0.4, -0.2) is 50.8 Å². The van der Waals surface area contributed by atoms with Gasteiger partial charge in [-0.15, -0.1) is 0 Å². The lowest BCUT2D eigenvalue weighted by atomic mass is 10.0. The van der Waals surface area contributed by atoms with Crippen LogP contribution in [0.5, 0.6) is 5.75 Å². The molecule has 1 unspecified atom stereocenters. The number of benzene rings is 2. The van der Waals surface area contributed by atoms with Crippen molar-refractivity contribution in [2.45, 2.75) is 56.4 Å². The van der Waals surface area contributed by atoms with E-state index in [0.29, 0.717) is 12.1 Å². The predicted molar refractivity (Wildman–Crippen MR) is 123 cm³/mol. The molecule has 0 aromatic heterocycles. The maximum absolute atomic E-state index is 13.3. The van der Waals surface area contributed by atoms with Crippen molar-refractivity contribution in [2.75, 3.05) is 20.3 Å². The number of piperidine rings is 1. The highest BCUT2D eigenvalue weighted by molar-refractivity contribution is 7.89. The molecule has 0 saturated carbocycles. The number of ketones is 1. The maximum atomic E-state index is 13.3. The van der Waals surface area contributed by atoms with Crippen LogP contribution < -0.4 is 4.74 Å². The molecule has 1 saturated heterocycles. The first-order valence-corrected chi connectivity index (χ1v) is 12.8. The van der Waals surface area contributed by atoms with Crippen LogP contribution in [0, 0.1) is 0 Å². The van der Waals surface area contributed by atoms with E-state index in [1.54, 1.807) is 6.07 Å². The van der Waals surface area contributed by atoms with E-state index in [1.165, 1.54) is 40.7 Å². The summed E-state index contributed by atoms with van der Waals surface area (Å²) in [5.41, 5.74) is 3.00. The molecule has 1 fully saturated rings. The van der Waals surface area contributed by atoms with E-state index in [-0.39, 0.29) is 28.0 Å². The van der Waals surface area contributed by atoms with Crippen molar-refractivity contribution in [1.29, 1.82) is 0 Å². The Morgan fingerprint density at radius 2 is 1.76 bits per heavy atom. The Morgan fingerprint density at radius 3 is 2.52 bits per heavy atom. The van der Waals surface area contributed by atoms with E-state index in [9.17, 15) is 18.0 Å². The molecule has 0 bridgehead atoms. The summed E-state index contributed by atoms with van der Waals surface area (Å²) in [7, 11) is -2.47. The molecule has 2 aromatic rings. The Hall–Kier alpha value is -2.71. The smallest absolute Gasteiger partial charge is 0.338 e. The molecule has 2 aliphatic rings. The van der Waals surface area contributed by atoms with Crippen LogP contribution in [0.4, 0.5) is 0 Å². The minimum Gasteiger partial charge on any atom is -0.495 e. The quantitative estimate of drug-likeness (QED) is 0.451. The fourth-order valence-electron chi connectivity index (χ4n) is 4.60. The zero-order chi connectivity index (χ0) is 23.6. The first-order chi connectivity index (χ1) is 15.8. The lowest BCUT2D eigenvalue weighted by Gasteiger charge is -2.32. The highest BCUT2D eigenvalue weighted by Crippen LogP contribution is 2.32. The van der Waals surface area contributed by atoms with E-state index in [1.807, 2.05) is 19.1 Å². The highest BCUT2D eigenvalue weighted by atomic mass is 32.2. The monoisotopic (exact) mass is 471 g/mol. The van der Waals surface area contributed by atoms with Crippen LogP contribution in [0.25, 0.3) is 0 Å². The molecule has 7 nitrogen and oxygen atoms in total. The second kappa shape index (κ2) is 9.65. The SMILES string of the molecule is COc1ccc(C(=O)OCC(=O)c2ccc3c(c2)CCC3)cc1S(=O)(=O)N1CCCCC1C. The average molecular weight is 472 g/mol. The average Bonchev–Trinajstić information content (AvgIpc) is 3.30. The van der Waals surface area contributed by atoms with E-state index >= 15 is 0 Å². The minimum absolute atomic E-state index is 0.0563. The Balaban J connectivity index is 1.50. The molecule has 1 heterocycles. The van der Waals surface area contributed by atoms with Crippen molar-refractivity contribution < 1.29 is 27.5 Å². The van der Waals surface area contributed by atoms with Crippen molar-refractivity contribution in [2.24, 2.45) is 0 Å². The number of carbonyl (C=O) groups excluding carboxylic acids is 2. The van der Waals surface area contributed by atoms with Gasteiger partial charge in [0.15, 0.2) is 12.4 Å². The molecule has 0 spiro atoms. The summed E-state index contributed by atoms with van der Waals surface area (Å²) in [6.45, 7) is 1.90. The molecule has 0 radical (unpaired) electrons. The molecule has 0 amide bonds. The van der Waals surface area contributed by atoms with Gasteiger partial charge >= 0.3 is 5.97 Å². The number of sulfonamides is 1. The molecule has 1 atom stereocenters. The number of Topliss-reactive ketones (excluding diaryl/α,β-unsaturated/α-hetero) is 1. The Morgan fingerprint density at radius 1 is 1.00 bits per heavy atom. The Labute approximate surface area is 194 Å². The van der Waals surface area contributed by atoms with Gasteiger partial charge in [0.2, 0.25) is 10.0 Å². The number of hydrogen-bond donors (Lipinski definition) is 0. The summed E-state index contributed by atoms with van der Waals surface area (Å²) < 4.78 is 38.6. The number of rotatable bonds is 7. The number of esters is 1. The Bertz CT molecular complexity index is 1170. The van der Waals surface area contributed by atoms with Gasteiger partial charge in [-0.05, 0) is 74.4 Å². The molecule has 2 aromatic carbocycles. The van der Waals surface area contributed by atoms with E-state index in [2.05, 4.69) is 0 Å². The fourth-order valence-corrected chi connectivity index (χ4v) is 6.49. The van der Waals surface area contributed by atoms with Gasteiger partial charge in [-0.1, -0.05) is 18.6 Å². The van der Waals surface area contributed by atoms with Crippen LogP contribution >= 0.6 is 0 Å². The van der Waals surface area contributed by atoms with Crippen molar-refractivity contribution in [3.05, 3.63) is 58.7 Å². The van der Waals surface area contributed by atoms with Gasteiger partial charge in [0.25, 0.3) is 0 Å². The first-order valence-electron chi connectivity index (χ1n) is 11.3. The van der Waals surface area contributed by atoms with Gasteiger partial charge in [-0.2, -0.15) is 4.31 Å². The van der Waals surface area contributed by atoms with Crippen molar-refractivity contribution in [1.82, 2.24) is 4.31 Å². The van der Waals surface area contributed by atoms with Gasteiger partial charge in [-0.25, -0.2) is 13.2 Å². The van der Waals surface area contributed by atoms with Gasteiger partial charge in [-0.3, -0.25) is 4.79 Å². The Kier molecular flexibility index (Phi) is 6.86. The molecular weight excluding hydrogens is 442 g/mol. The largest absolute Gasteiger partial charge is 0.495 e. The van der Waals surface area contributed by atoms with Gasteiger partial charge in [0, 0.05) is 18.2 Å². The summed E-state index contributed by atoms with van der Waals surface area (Å²) >= 11 is 0. The second-order valence-corrected chi connectivity index (χ2v) is 10.5. The molecule has 176 valence electrons. The van der Waals surface area contributed by atoms with Crippen LogP contribution in [-0.2, 0) is 27.6 Å². The second-order valence-electron chi connectivity index (χ2n) is 8.66. The first kappa shape index (κ1) is 23.4. The number of hydrogen-bond acceptors (Lipinski definition) is 6. The molecular formula is C25H29NO6S. The molecule has 4 rings (SSSR count). The van der Waals surface area contributed by atoms with Crippen molar-refractivity contribution >= 4 is 21.8 Å².